The van der Waals surface area contributed by atoms with Crippen molar-refractivity contribution >= 4 is 39.9 Å². The summed E-state index contributed by atoms with van der Waals surface area (Å²) in [6, 6.07) is 1.11. The number of amides is 5. The van der Waals surface area contributed by atoms with E-state index in [1.165, 1.54) is 17.0 Å². The molecule has 1 aromatic carbocycles. The molecule has 3 heterocycles. The Kier molecular flexibility index (Phi) is 10.8. The SMILES string of the molecule is CC[C@@H]1C[C@@H](C)CC/C=C\[C@@H]2C[C@@]2(C(=O)NS(=O)(=O)C2(C)CC2)NC(=O)[C@@H]2C[C@@H](C3c4cccc(F)c4CN3C(=O)O)CN2C(=O)[C@H]1NC(=O)OC(C)(C)C. The van der Waals surface area contributed by atoms with Crippen LogP contribution in [0.15, 0.2) is 30.4 Å². The van der Waals surface area contributed by atoms with Crippen molar-refractivity contribution in [1.82, 2.24) is 25.2 Å². The minimum absolute atomic E-state index is 0.0527. The van der Waals surface area contributed by atoms with Gasteiger partial charge >= 0.3 is 12.2 Å². The highest BCUT2D eigenvalue weighted by atomic mass is 32.2. The average Bonchev–Trinajstić information content (AvgIpc) is 3.89. The van der Waals surface area contributed by atoms with E-state index in [2.05, 4.69) is 22.3 Å². The second-order valence-electron chi connectivity index (χ2n) is 17.5. The molecule has 0 bridgehead atoms. The molecule has 302 valence electrons. The number of carbonyl (C=O) groups is 5. The largest absolute Gasteiger partial charge is 0.465 e. The lowest BCUT2D eigenvalue weighted by Crippen LogP contribution is -2.59. The van der Waals surface area contributed by atoms with Crippen molar-refractivity contribution in [3.05, 3.63) is 47.3 Å². The fourth-order valence-electron chi connectivity index (χ4n) is 8.61. The molecule has 8 atom stereocenters. The number of nitrogens with one attached hydrogen (secondary N) is 3. The Morgan fingerprint density at radius 1 is 1.15 bits per heavy atom. The van der Waals surface area contributed by atoms with Crippen LogP contribution in [0.4, 0.5) is 14.0 Å². The second kappa shape index (κ2) is 14.7. The van der Waals surface area contributed by atoms with Crippen LogP contribution in [0.3, 0.4) is 0 Å². The molecular weight excluding hydrogens is 734 g/mol. The minimum atomic E-state index is -4.05. The van der Waals surface area contributed by atoms with Crippen LogP contribution in [-0.2, 0) is 35.7 Å². The Morgan fingerprint density at radius 2 is 1.85 bits per heavy atom. The quantitative estimate of drug-likeness (QED) is 0.295. The summed E-state index contributed by atoms with van der Waals surface area (Å²) in [7, 11) is -4.05. The van der Waals surface area contributed by atoms with Gasteiger partial charge in [0, 0.05) is 23.9 Å². The molecule has 2 aliphatic carbocycles. The first-order chi connectivity index (χ1) is 25.7. The molecule has 14 nitrogen and oxygen atoms in total. The van der Waals surface area contributed by atoms with Gasteiger partial charge in [-0.2, -0.15) is 0 Å². The minimum Gasteiger partial charge on any atom is -0.465 e. The van der Waals surface area contributed by atoms with Gasteiger partial charge in [0.15, 0.2) is 0 Å². The van der Waals surface area contributed by atoms with E-state index in [9.17, 15) is 37.5 Å². The fourth-order valence-corrected chi connectivity index (χ4v) is 9.93. The average molecular weight is 788 g/mol. The highest BCUT2D eigenvalue weighted by Gasteiger charge is 2.63. The molecule has 16 heteroatoms. The van der Waals surface area contributed by atoms with E-state index in [0.29, 0.717) is 37.7 Å². The number of fused-ring (bicyclic) bond motifs is 3. The van der Waals surface area contributed by atoms with Gasteiger partial charge in [-0.15, -0.1) is 0 Å². The molecular formula is C39H54FN5O9S. The smallest absolute Gasteiger partial charge is 0.408 e. The molecule has 1 saturated heterocycles. The molecule has 3 aliphatic heterocycles. The molecule has 6 rings (SSSR count). The molecule has 3 fully saturated rings. The molecule has 0 radical (unpaired) electrons. The zero-order valence-corrected chi connectivity index (χ0v) is 33.2. The van der Waals surface area contributed by atoms with Crippen LogP contribution in [0.5, 0.6) is 0 Å². The maximum absolute atomic E-state index is 15.1. The van der Waals surface area contributed by atoms with Crippen molar-refractivity contribution in [2.75, 3.05) is 6.54 Å². The van der Waals surface area contributed by atoms with Gasteiger partial charge in [0.25, 0.3) is 5.91 Å². The Labute approximate surface area is 322 Å². The molecule has 0 aromatic heterocycles. The molecule has 0 spiro atoms. The van der Waals surface area contributed by atoms with Crippen LogP contribution < -0.4 is 15.4 Å². The summed E-state index contributed by atoms with van der Waals surface area (Å²) in [6.45, 7) is 10.3. The van der Waals surface area contributed by atoms with Gasteiger partial charge < -0.3 is 25.4 Å². The van der Waals surface area contributed by atoms with Crippen LogP contribution >= 0.6 is 0 Å². The van der Waals surface area contributed by atoms with Gasteiger partial charge in [-0.25, -0.2) is 22.4 Å². The summed E-state index contributed by atoms with van der Waals surface area (Å²) in [5, 5.41) is 15.9. The molecule has 2 saturated carbocycles. The molecule has 4 N–H and O–H groups in total. The van der Waals surface area contributed by atoms with E-state index in [-0.39, 0.29) is 43.3 Å². The third kappa shape index (κ3) is 8.06. The summed E-state index contributed by atoms with van der Waals surface area (Å²) < 4.78 is 48.2. The number of alkyl carbamates (subject to hydrolysis) is 1. The number of nitrogens with zero attached hydrogens (tertiary/aromatic N) is 2. The second-order valence-corrected chi connectivity index (χ2v) is 19.7. The van der Waals surface area contributed by atoms with E-state index in [1.54, 1.807) is 33.8 Å². The number of allylic oxidation sites excluding steroid dienone is 1. The van der Waals surface area contributed by atoms with E-state index >= 15 is 4.39 Å². The van der Waals surface area contributed by atoms with Gasteiger partial charge in [-0.05, 0) is 96.1 Å². The van der Waals surface area contributed by atoms with Crippen molar-refractivity contribution < 1.29 is 46.6 Å². The maximum atomic E-state index is 15.1. The van der Waals surface area contributed by atoms with E-state index in [0.717, 1.165) is 11.3 Å². The van der Waals surface area contributed by atoms with E-state index < -0.39 is 91.6 Å². The maximum Gasteiger partial charge on any atom is 0.408 e. The summed E-state index contributed by atoms with van der Waals surface area (Å²) in [5.74, 6) is -4.19. The Hall–Kier alpha value is -4.21. The first-order valence-corrected chi connectivity index (χ1v) is 20.8. The number of hydrogen-bond acceptors (Lipinski definition) is 8. The predicted octanol–water partition coefficient (Wildman–Crippen LogP) is 4.75. The van der Waals surface area contributed by atoms with Crippen molar-refractivity contribution in [2.24, 2.45) is 23.7 Å². The third-order valence-corrected chi connectivity index (χ3v) is 14.3. The van der Waals surface area contributed by atoms with E-state index in [4.69, 9.17) is 4.74 Å². The summed E-state index contributed by atoms with van der Waals surface area (Å²) in [5.41, 5.74) is -1.83. The fraction of sp³-hybridized carbons (Fsp3) is 0.667. The lowest BCUT2D eigenvalue weighted by Gasteiger charge is -2.34. The van der Waals surface area contributed by atoms with Gasteiger partial charge in [0.05, 0.1) is 17.3 Å². The number of benzene rings is 1. The number of sulfonamides is 1. The number of carbonyl (C=O) groups excluding carboxylic acids is 4. The number of hydrogen-bond donors (Lipinski definition) is 4. The van der Waals surface area contributed by atoms with Crippen LogP contribution in [-0.4, -0.2) is 87.7 Å². The molecule has 1 aromatic rings. The van der Waals surface area contributed by atoms with Crippen molar-refractivity contribution in [3.8, 4) is 0 Å². The lowest BCUT2D eigenvalue weighted by molar-refractivity contribution is -0.142. The normalized spacial score (nSPS) is 32.5. The van der Waals surface area contributed by atoms with Gasteiger partial charge in [-0.1, -0.05) is 44.6 Å². The van der Waals surface area contributed by atoms with Crippen molar-refractivity contribution in [3.63, 3.8) is 0 Å². The van der Waals surface area contributed by atoms with Crippen molar-refractivity contribution in [1.29, 1.82) is 0 Å². The zero-order valence-electron chi connectivity index (χ0n) is 32.4. The van der Waals surface area contributed by atoms with Crippen LogP contribution in [0.2, 0.25) is 0 Å². The first-order valence-electron chi connectivity index (χ1n) is 19.3. The summed E-state index contributed by atoms with van der Waals surface area (Å²) in [6.07, 6.45) is 4.95. The predicted molar refractivity (Wildman–Crippen MR) is 199 cm³/mol. The lowest BCUT2D eigenvalue weighted by atomic mass is 9.85. The zero-order chi connectivity index (χ0) is 40.2. The monoisotopic (exact) mass is 787 g/mol. The first kappa shape index (κ1) is 40.5. The standard InChI is InChI=1S/C39H54FN5O9S/c1-7-23-17-22(2)11-8-9-12-25-19-39(25,34(48)43-55(52,53)38(6)15-16-38)42-32(46)29-18-24(20-44(29)33(47)30(23)41-35(49)54-37(3,4)5)31-26-13-10-14-28(40)27(26)21-45(31)36(50)51/h9-10,12-14,22-25,29-31H,7-8,11,15-21H2,1-6H3,(H,41,49)(H,42,46)(H,43,48)(H,50,51)/b12-9-/t22-,23+,24+,25+,29-,30-,31?,39+/m0/s1. The van der Waals surface area contributed by atoms with Crippen molar-refractivity contribution in [2.45, 2.75) is 133 Å². The van der Waals surface area contributed by atoms with Gasteiger partial charge in [0.2, 0.25) is 21.8 Å². The highest BCUT2D eigenvalue weighted by Crippen LogP contribution is 2.49. The third-order valence-electron chi connectivity index (χ3n) is 12.2. The number of rotatable bonds is 6. The molecule has 5 amide bonds. The topological polar surface area (TPSA) is 192 Å². The summed E-state index contributed by atoms with van der Waals surface area (Å²) in [4.78, 5) is 71.9. The number of ether oxygens (including phenoxy) is 1. The number of carboxylic acid groups (broad SMARTS) is 1. The van der Waals surface area contributed by atoms with Crippen LogP contribution in [0, 0.1) is 29.5 Å². The van der Waals surface area contributed by atoms with Gasteiger partial charge in [-0.3, -0.25) is 24.0 Å². The Bertz CT molecular complexity index is 1880. The van der Waals surface area contributed by atoms with E-state index in [1.807, 2.05) is 19.1 Å². The number of halogens is 1. The molecule has 1 unspecified atom stereocenters. The Morgan fingerprint density at radius 3 is 2.49 bits per heavy atom. The van der Waals surface area contributed by atoms with Crippen LogP contribution in [0.1, 0.15) is 110 Å². The van der Waals surface area contributed by atoms with Gasteiger partial charge in [0.1, 0.15) is 29.0 Å². The molecule has 5 aliphatic rings. The summed E-state index contributed by atoms with van der Waals surface area (Å²) >= 11 is 0. The highest BCUT2D eigenvalue weighted by molar-refractivity contribution is 7.91. The molecule has 55 heavy (non-hydrogen) atoms. The Balaban J connectivity index is 1.40. The van der Waals surface area contributed by atoms with Crippen LogP contribution in [0.25, 0.3) is 0 Å².